The van der Waals surface area contributed by atoms with Gasteiger partial charge in [-0.25, -0.2) is 13.8 Å². The van der Waals surface area contributed by atoms with Crippen LogP contribution in [0.2, 0.25) is 0 Å². The predicted molar refractivity (Wildman–Crippen MR) is 154 cm³/mol. The van der Waals surface area contributed by atoms with Gasteiger partial charge in [-0.1, -0.05) is 30.3 Å². The predicted octanol–water partition coefficient (Wildman–Crippen LogP) is 4.77. The average Bonchev–Trinajstić information content (AvgIpc) is 3.43. The van der Waals surface area contributed by atoms with Crippen molar-refractivity contribution < 1.29 is 23.4 Å². The molecule has 8 nitrogen and oxygen atoms in total. The molecule has 1 saturated carbocycles. The Morgan fingerprint density at radius 2 is 1.76 bits per heavy atom. The number of ether oxygens (including phenoxy) is 1. The van der Waals surface area contributed by atoms with Gasteiger partial charge in [0.15, 0.2) is 5.65 Å². The molecule has 1 amide bonds. The fourth-order valence-corrected chi connectivity index (χ4v) is 6.46. The first-order valence-corrected chi connectivity index (χ1v) is 14.3. The average molecular weight is 577 g/mol. The summed E-state index contributed by atoms with van der Waals surface area (Å²) < 4.78 is 37.4. The van der Waals surface area contributed by atoms with Crippen molar-refractivity contribution in [2.75, 3.05) is 20.2 Å². The molecule has 0 radical (unpaired) electrons. The monoisotopic (exact) mass is 576 g/mol. The third-order valence-corrected chi connectivity index (χ3v) is 8.86. The molecular formula is C32H34F2N4O4. The molecule has 2 aliphatic rings. The van der Waals surface area contributed by atoms with Crippen LogP contribution in [0.1, 0.15) is 43.6 Å². The molecule has 1 aliphatic carbocycles. The van der Waals surface area contributed by atoms with E-state index in [0.717, 1.165) is 17.0 Å². The molecule has 1 aliphatic heterocycles. The van der Waals surface area contributed by atoms with Crippen molar-refractivity contribution in [3.63, 3.8) is 0 Å². The van der Waals surface area contributed by atoms with Crippen LogP contribution in [0.25, 0.3) is 16.7 Å². The maximum absolute atomic E-state index is 14.5. The maximum Gasteiger partial charge on any atom is 0.262 e. The van der Waals surface area contributed by atoms with Crippen molar-refractivity contribution >= 4 is 16.9 Å². The van der Waals surface area contributed by atoms with Crippen LogP contribution in [0.3, 0.4) is 0 Å². The molecule has 4 aromatic rings. The Kier molecular flexibility index (Phi) is 7.34. The lowest BCUT2D eigenvalue weighted by Gasteiger charge is -2.42. The van der Waals surface area contributed by atoms with E-state index in [4.69, 9.17) is 4.74 Å². The van der Waals surface area contributed by atoms with E-state index in [1.54, 1.807) is 24.3 Å². The van der Waals surface area contributed by atoms with Crippen LogP contribution in [0, 0.1) is 5.92 Å². The van der Waals surface area contributed by atoms with Gasteiger partial charge in [-0.15, -0.1) is 0 Å². The van der Waals surface area contributed by atoms with E-state index in [-0.39, 0.29) is 62.7 Å². The lowest BCUT2D eigenvalue weighted by atomic mass is 9.73. The van der Waals surface area contributed by atoms with Crippen molar-refractivity contribution in [1.82, 2.24) is 19.0 Å². The van der Waals surface area contributed by atoms with Crippen LogP contribution >= 0.6 is 0 Å². The second-order valence-electron chi connectivity index (χ2n) is 11.6. The number of rotatable bonds is 6. The van der Waals surface area contributed by atoms with Gasteiger partial charge in [-0.05, 0) is 61.1 Å². The molecule has 2 aromatic carbocycles. The quantitative estimate of drug-likeness (QED) is 0.357. The molecule has 2 atom stereocenters. The Morgan fingerprint density at radius 1 is 1.05 bits per heavy atom. The molecule has 220 valence electrons. The van der Waals surface area contributed by atoms with Gasteiger partial charge in [-0.3, -0.25) is 14.2 Å². The Hall–Kier alpha value is -4.05. The number of piperidine rings is 1. The Labute approximate surface area is 242 Å². The third kappa shape index (κ3) is 5.43. The van der Waals surface area contributed by atoms with Gasteiger partial charge in [0.05, 0.1) is 30.6 Å². The minimum atomic E-state index is -2.87. The van der Waals surface area contributed by atoms with E-state index in [9.17, 15) is 23.5 Å². The third-order valence-electron chi connectivity index (χ3n) is 8.86. The number of carbonyl (C=O) groups is 1. The molecule has 1 saturated heterocycles. The summed E-state index contributed by atoms with van der Waals surface area (Å²) in [6, 6.07) is 18.5. The number of alkyl halides is 2. The first-order chi connectivity index (χ1) is 20.2. The summed E-state index contributed by atoms with van der Waals surface area (Å²) in [5.41, 5.74) is 0.740. The number of aromatic nitrogens is 3. The number of halogens is 2. The first-order valence-electron chi connectivity index (χ1n) is 14.3. The van der Waals surface area contributed by atoms with Crippen molar-refractivity contribution in [2.24, 2.45) is 5.92 Å². The summed E-state index contributed by atoms with van der Waals surface area (Å²) >= 11 is 0. The summed E-state index contributed by atoms with van der Waals surface area (Å²) in [6.45, 7) is 0.493. The minimum Gasteiger partial charge on any atom is -0.497 e. The van der Waals surface area contributed by atoms with Crippen molar-refractivity contribution in [3.8, 4) is 11.4 Å². The van der Waals surface area contributed by atoms with Crippen LogP contribution in [-0.4, -0.2) is 61.8 Å². The number of carbonyl (C=O) groups excluding carboxylic acids is 1. The Balaban J connectivity index is 1.15. The second kappa shape index (κ2) is 11.0. The van der Waals surface area contributed by atoms with E-state index in [0.29, 0.717) is 11.0 Å². The van der Waals surface area contributed by atoms with Crippen molar-refractivity contribution in [3.05, 3.63) is 89.1 Å². The smallest absolute Gasteiger partial charge is 0.262 e. The summed E-state index contributed by atoms with van der Waals surface area (Å²) in [5.74, 6) is -3.52. The van der Waals surface area contributed by atoms with Crippen LogP contribution < -0.4 is 10.3 Å². The number of amides is 1. The minimum absolute atomic E-state index is 0.0264. The SMILES string of the molecule is COc1ccc(-n2ccc3c(=O)n(CC4(O)CCN(C(=O)[C@H]5CC(F)(F)CC[C@@H]5c5ccccc5)CC4)cnc32)cc1. The molecule has 1 N–H and O–H groups in total. The highest BCUT2D eigenvalue weighted by molar-refractivity contribution is 5.80. The fourth-order valence-electron chi connectivity index (χ4n) is 6.46. The summed E-state index contributed by atoms with van der Waals surface area (Å²) in [5, 5.41) is 11.8. The van der Waals surface area contributed by atoms with Crippen LogP contribution in [0.4, 0.5) is 8.78 Å². The molecule has 3 heterocycles. The number of nitrogens with zero attached hydrogens (tertiary/aromatic N) is 4. The van der Waals surface area contributed by atoms with E-state index >= 15 is 0 Å². The molecular weight excluding hydrogens is 542 g/mol. The Bertz CT molecular complexity index is 1630. The van der Waals surface area contributed by atoms with Gasteiger partial charge < -0.3 is 19.3 Å². The van der Waals surface area contributed by atoms with Gasteiger partial charge in [0.1, 0.15) is 12.1 Å². The summed E-state index contributed by atoms with van der Waals surface area (Å²) in [6.07, 6.45) is 3.24. The van der Waals surface area contributed by atoms with Gasteiger partial charge in [-0.2, -0.15) is 0 Å². The first kappa shape index (κ1) is 28.1. The molecule has 2 fully saturated rings. The van der Waals surface area contributed by atoms with Crippen molar-refractivity contribution in [2.45, 2.75) is 56.1 Å². The standard InChI is InChI=1S/C32H34F2N4O4/c1-42-24-9-7-23(8-10-24)38-16-12-26-28(38)35-21-37(29(26)39)20-31(41)14-17-36(18-15-31)30(40)27-19-32(33,34)13-11-25(27)22-5-3-2-4-6-22/h2-10,12,16,21,25,27,41H,11,13-15,17-20H2,1H3/t25-,27+/m1/s1. The Morgan fingerprint density at radius 3 is 2.45 bits per heavy atom. The number of hydrogen-bond donors (Lipinski definition) is 1. The maximum atomic E-state index is 14.5. The van der Waals surface area contributed by atoms with E-state index in [1.165, 1.54) is 10.9 Å². The molecule has 10 heteroatoms. The summed E-state index contributed by atoms with van der Waals surface area (Å²) in [7, 11) is 1.60. The zero-order valence-corrected chi connectivity index (χ0v) is 23.5. The number of methoxy groups -OCH3 is 1. The molecule has 6 rings (SSSR count). The number of likely N-dealkylation sites (tertiary alicyclic amines) is 1. The second-order valence-corrected chi connectivity index (χ2v) is 11.6. The highest BCUT2D eigenvalue weighted by atomic mass is 19.3. The number of fused-ring (bicyclic) bond motifs is 1. The number of benzene rings is 2. The van der Waals surface area contributed by atoms with Gasteiger partial charge in [0, 0.05) is 37.8 Å². The number of hydrogen-bond acceptors (Lipinski definition) is 5. The molecule has 0 spiro atoms. The zero-order chi connectivity index (χ0) is 29.5. The lowest BCUT2D eigenvalue weighted by molar-refractivity contribution is -0.148. The van der Waals surface area contributed by atoms with Gasteiger partial charge in [0.2, 0.25) is 11.8 Å². The normalized spacial score (nSPS) is 21.8. The van der Waals surface area contributed by atoms with Gasteiger partial charge >= 0.3 is 0 Å². The highest BCUT2D eigenvalue weighted by Gasteiger charge is 2.47. The fraction of sp³-hybridized carbons (Fsp3) is 0.406. The highest BCUT2D eigenvalue weighted by Crippen LogP contribution is 2.46. The summed E-state index contributed by atoms with van der Waals surface area (Å²) in [4.78, 5) is 33.1. The lowest BCUT2D eigenvalue weighted by Crippen LogP contribution is -2.52. The largest absolute Gasteiger partial charge is 0.497 e. The van der Waals surface area contributed by atoms with E-state index in [2.05, 4.69) is 4.98 Å². The molecule has 2 aromatic heterocycles. The van der Waals surface area contributed by atoms with E-state index in [1.807, 2.05) is 59.2 Å². The molecule has 0 bridgehead atoms. The molecule has 0 unspecified atom stereocenters. The van der Waals surface area contributed by atoms with E-state index < -0.39 is 23.9 Å². The van der Waals surface area contributed by atoms with Crippen LogP contribution in [0.15, 0.2) is 78.0 Å². The van der Waals surface area contributed by atoms with Crippen molar-refractivity contribution in [1.29, 1.82) is 0 Å². The van der Waals surface area contributed by atoms with Gasteiger partial charge in [0.25, 0.3) is 5.56 Å². The molecule has 42 heavy (non-hydrogen) atoms. The topological polar surface area (TPSA) is 89.6 Å². The van der Waals surface area contributed by atoms with Crippen LogP contribution in [0.5, 0.6) is 5.75 Å². The zero-order valence-electron chi connectivity index (χ0n) is 23.5. The number of aliphatic hydroxyl groups is 1. The van der Waals surface area contributed by atoms with Crippen LogP contribution in [-0.2, 0) is 11.3 Å².